The van der Waals surface area contributed by atoms with Gasteiger partial charge in [0, 0.05) is 17.2 Å². The Balaban J connectivity index is 1.89. The van der Waals surface area contributed by atoms with Gasteiger partial charge in [0.1, 0.15) is 5.01 Å². The van der Waals surface area contributed by atoms with Gasteiger partial charge in [0.2, 0.25) is 0 Å². The van der Waals surface area contributed by atoms with Crippen LogP contribution in [0.2, 0.25) is 0 Å². The molecule has 0 radical (unpaired) electrons. The summed E-state index contributed by atoms with van der Waals surface area (Å²) in [6.45, 7) is 6.49. The Morgan fingerprint density at radius 1 is 1.47 bits per heavy atom. The minimum atomic E-state index is 0.718. The maximum Gasteiger partial charge on any atom is 0.107 e. The number of hydrogen-bond acceptors (Lipinski definition) is 4. The molecule has 2 rings (SSSR count). The minimum Gasteiger partial charge on any atom is -0.310 e. The lowest BCUT2D eigenvalue weighted by atomic mass is 10.2. The van der Waals surface area contributed by atoms with Crippen molar-refractivity contribution in [2.24, 2.45) is 5.92 Å². The Kier molecular flexibility index (Phi) is 4.05. The van der Waals surface area contributed by atoms with E-state index < -0.39 is 0 Å². The minimum absolute atomic E-state index is 0.718. The number of thioether (sulfide) groups is 1. The number of rotatable bonds is 4. The lowest BCUT2D eigenvalue weighted by Gasteiger charge is -2.06. The van der Waals surface area contributed by atoms with E-state index in [1.807, 2.05) is 23.1 Å². The van der Waals surface area contributed by atoms with Gasteiger partial charge in [-0.05, 0) is 24.6 Å². The fourth-order valence-electron chi connectivity index (χ4n) is 1.62. The van der Waals surface area contributed by atoms with Gasteiger partial charge in [0.25, 0.3) is 0 Å². The van der Waals surface area contributed by atoms with Gasteiger partial charge in [-0.25, -0.2) is 4.98 Å². The van der Waals surface area contributed by atoms with E-state index in [4.69, 9.17) is 4.98 Å². The van der Waals surface area contributed by atoms with Gasteiger partial charge < -0.3 is 5.32 Å². The topological polar surface area (TPSA) is 24.9 Å². The second-order valence-corrected chi connectivity index (χ2v) is 6.58. The average molecular weight is 242 g/mol. The van der Waals surface area contributed by atoms with Crippen LogP contribution in [0.1, 0.15) is 29.4 Å². The number of fused-ring (bicyclic) bond motifs is 1. The van der Waals surface area contributed by atoms with Crippen molar-refractivity contribution >= 4 is 23.1 Å². The highest BCUT2D eigenvalue weighted by molar-refractivity contribution is 7.98. The first kappa shape index (κ1) is 11.4. The molecule has 1 aliphatic rings. The van der Waals surface area contributed by atoms with E-state index in [0.29, 0.717) is 0 Å². The second kappa shape index (κ2) is 5.32. The van der Waals surface area contributed by atoms with Crippen molar-refractivity contribution in [2.45, 2.75) is 32.6 Å². The SMILES string of the molecule is CC(C)CNCc1nc2c(s1)CSCC2. The lowest BCUT2D eigenvalue weighted by Crippen LogP contribution is -2.18. The summed E-state index contributed by atoms with van der Waals surface area (Å²) >= 11 is 3.92. The van der Waals surface area contributed by atoms with Crippen LogP contribution in [0.3, 0.4) is 0 Å². The zero-order chi connectivity index (χ0) is 10.7. The zero-order valence-electron chi connectivity index (χ0n) is 9.38. The molecular formula is C11H18N2S2. The molecule has 2 nitrogen and oxygen atoms in total. The monoisotopic (exact) mass is 242 g/mol. The second-order valence-electron chi connectivity index (χ2n) is 4.30. The van der Waals surface area contributed by atoms with E-state index >= 15 is 0 Å². The molecule has 1 aromatic heterocycles. The highest BCUT2D eigenvalue weighted by atomic mass is 32.2. The van der Waals surface area contributed by atoms with Gasteiger partial charge >= 0.3 is 0 Å². The molecule has 1 aliphatic heterocycles. The Morgan fingerprint density at radius 2 is 2.33 bits per heavy atom. The summed E-state index contributed by atoms with van der Waals surface area (Å²) in [6.07, 6.45) is 1.17. The summed E-state index contributed by atoms with van der Waals surface area (Å²) in [5, 5.41) is 4.72. The van der Waals surface area contributed by atoms with Crippen molar-refractivity contribution in [1.82, 2.24) is 10.3 Å². The largest absolute Gasteiger partial charge is 0.310 e. The normalized spacial score (nSPS) is 15.7. The van der Waals surface area contributed by atoms with Crippen LogP contribution in [-0.2, 0) is 18.7 Å². The van der Waals surface area contributed by atoms with Crippen LogP contribution in [0.4, 0.5) is 0 Å². The molecule has 0 aliphatic carbocycles. The van der Waals surface area contributed by atoms with Crippen LogP contribution in [0, 0.1) is 5.92 Å². The molecule has 0 aromatic carbocycles. The van der Waals surface area contributed by atoms with Gasteiger partial charge in [0.05, 0.1) is 5.69 Å². The molecule has 0 saturated heterocycles. The highest BCUT2D eigenvalue weighted by Crippen LogP contribution is 2.29. The predicted molar refractivity (Wildman–Crippen MR) is 68.5 cm³/mol. The lowest BCUT2D eigenvalue weighted by molar-refractivity contribution is 0.551. The Morgan fingerprint density at radius 3 is 3.07 bits per heavy atom. The van der Waals surface area contributed by atoms with Gasteiger partial charge in [-0.2, -0.15) is 11.8 Å². The van der Waals surface area contributed by atoms with Gasteiger partial charge in [0.15, 0.2) is 0 Å². The first-order chi connectivity index (χ1) is 7.25. The van der Waals surface area contributed by atoms with Crippen molar-refractivity contribution in [3.05, 3.63) is 15.6 Å². The van der Waals surface area contributed by atoms with Crippen LogP contribution in [0.5, 0.6) is 0 Å². The molecular weight excluding hydrogens is 224 g/mol. The van der Waals surface area contributed by atoms with E-state index in [1.54, 1.807) is 0 Å². The van der Waals surface area contributed by atoms with Crippen molar-refractivity contribution < 1.29 is 0 Å². The summed E-state index contributed by atoms with van der Waals surface area (Å²) in [5.74, 6) is 3.14. The van der Waals surface area contributed by atoms with E-state index in [1.165, 1.54) is 33.5 Å². The quantitative estimate of drug-likeness (QED) is 0.878. The number of nitrogens with zero attached hydrogens (tertiary/aromatic N) is 1. The van der Waals surface area contributed by atoms with E-state index in [2.05, 4.69) is 19.2 Å². The molecule has 0 atom stereocenters. The van der Waals surface area contributed by atoms with E-state index in [-0.39, 0.29) is 0 Å². The molecule has 0 spiro atoms. The van der Waals surface area contributed by atoms with Crippen molar-refractivity contribution in [2.75, 3.05) is 12.3 Å². The summed E-state index contributed by atoms with van der Waals surface area (Å²) in [6, 6.07) is 0. The zero-order valence-corrected chi connectivity index (χ0v) is 11.0. The Labute approximate surface area is 99.9 Å². The third kappa shape index (κ3) is 3.20. The molecule has 0 saturated carbocycles. The van der Waals surface area contributed by atoms with E-state index in [9.17, 15) is 0 Å². The summed E-state index contributed by atoms with van der Waals surface area (Å²) in [4.78, 5) is 6.20. The third-order valence-electron chi connectivity index (χ3n) is 2.37. The van der Waals surface area contributed by atoms with E-state index in [0.717, 1.165) is 19.0 Å². The van der Waals surface area contributed by atoms with Crippen LogP contribution in [-0.4, -0.2) is 17.3 Å². The standard InChI is InChI=1S/C11H18N2S2/c1-8(2)5-12-6-11-13-9-3-4-14-7-10(9)15-11/h8,12H,3-7H2,1-2H3. The summed E-state index contributed by atoms with van der Waals surface area (Å²) in [7, 11) is 0. The van der Waals surface area contributed by atoms with Gasteiger partial charge in [-0.3, -0.25) is 0 Å². The number of aromatic nitrogens is 1. The maximum atomic E-state index is 4.69. The van der Waals surface area contributed by atoms with Gasteiger partial charge in [-0.1, -0.05) is 13.8 Å². The molecule has 15 heavy (non-hydrogen) atoms. The van der Waals surface area contributed by atoms with Gasteiger partial charge in [-0.15, -0.1) is 11.3 Å². The van der Waals surface area contributed by atoms with Crippen LogP contribution in [0.15, 0.2) is 0 Å². The Hall–Kier alpha value is -0.0600. The molecule has 2 heterocycles. The smallest absolute Gasteiger partial charge is 0.107 e. The van der Waals surface area contributed by atoms with Crippen molar-refractivity contribution in [3.63, 3.8) is 0 Å². The van der Waals surface area contributed by atoms with Crippen molar-refractivity contribution in [3.8, 4) is 0 Å². The molecule has 0 bridgehead atoms. The molecule has 0 unspecified atom stereocenters. The Bertz CT molecular complexity index is 297. The first-order valence-electron chi connectivity index (χ1n) is 5.51. The molecule has 84 valence electrons. The predicted octanol–water partition coefficient (Wildman–Crippen LogP) is 2.68. The number of nitrogens with one attached hydrogen (secondary N) is 1. The van der Waals surface area contributed by atoms with Crippen LogP contribution < -0.4 is 5.32 Å². The maximum absolute atomic E-state index is 4.69. The highest BCUT2D eigenvalue weighted by Gasteiger charge is 2.14. The molecule has 1 aromatic rings. The number of thiazole rings is 1. The fourth-order valence-corrected chi connectivity index (χ4v) is 3.82. The number of aryl methyl sites for hydroxylation is 1. The first-order valence-corrected chi connectivity index (χ1v) is 7.48. The average Bonchev–Trinajstić information content (AvgIpc) is 2.59. The fraction of sp³-hybridized carbons (Fsp3) is 0.727. The van der Waals surface area contributed by atoms with Crippen LogP contribution in [0.25, 0.3) is 0 Å². The summed E-state index contributed by atoms with van der Waals surface area (Å²) < 4.78 is 0. The molecule has 0 fully saturated rings. The number of hydrogen-bond donors (Lipinski definition) is 1. The molecule has 4 heteroatoms. The summed E-state index contributed by atoms with van der Waals surface area (Å²) in [5.41, 5.74) is 1.36. The molecule has 1 N–H and O–H groups in total. The molecule has 0 amide bonds. The third-order valence-corrected chi connectivity index (χ3v) is 4.63. The van der Waals surface area contributed by atoms with Crippen molar-refractivity contribution in [1.29, 1.82) is 0 Å². The van der Waals surface area contributed by atoms with Crippen LogP contribution >= 0.6 is 23.1 Å².